The van der Waals surface area contributed by atoms with Crippen molar-refractivity contribution in [2.24, 2.45) is 0 Å². The summed E-state index contributed by atoms with van der Waals surface area (Å²) in [7, 11) is -13.7. The number of ether oxygens (including phenoxy) is 2. The molecule has 22 heteroatoms. The maximum atomic E-state index is 13.3. The van der Waals surface area contributed by atoms with Crippen LogP contribution >= 0.6 is 45.1 Å². The Kier molecular flexibility index (Phi) is 12.0. The summed E-state index contributed by atoms with van der Waals surface area (Å²) in [5, 5.41) is -0.0909. The van der Waals surface area contributed by atoms with E-state index >= 15 is 0 Å². The summed E-state index contributed by atoms with van der Waals surface area (Å²) in [6, 6.07) is 8.05. The number of benzene rings is 1. The molecular formula is C20H28N3O14P3S2. The second-order valence-electron chi connectivity index (χ2n) is 8.47. The number of carbonyl (C=O) groups excluding carboxylic acids is 1. The molecule has 0 amide bonds. The van der Waals surface area contributed by atoms with Gasteiger partial charge in [-0.15, -0.1) is 0 Å². The fourth-order valence-corrected chi connectivity index (χ4v) is 8.73. The molecule has 0 saturated carbocycles. The molecule has 0 bridgehead atoms. The number of aromatic nitrogens is 2. The number of nitrogen functional groups attached to an aromatic ring is 1. The zero-order valence-electron chi connectivity index (χ0n) is 21.9. The van der Waals surface area contributed by atoms with Gasteiger partial charge in [-0.2, -0.15) is 13.6 Å². The quantitative estimate of drug-likeness (QED) is 0.108. The molecule has 0 aliphatic carbocycles. The molecule has 1 saturated heterocycles. The summed E-state index contributed by atoms with van der Waals surface area (Å²) < 4.78 is 59.4. The van der Waals surface area contributed by atoms with Gasteiger partial charge in [0.1, 0.15) is 24.3 Å². The van der Waals surface area contributed by atoms with E-state index in [1.54, 1.807) is 45.9 Å². The molecule has 3 unspecified atom stereocenters. The molecule has 1 aliphatic rings. The van der Waals surface area contributed by atoms with E-state index in [9.17, 15) is 33.1 Å². The third kappa shape index (κ3) is 10.3. The molecule has 17 nitrogen and oxygen atoms in total. The van der Waals surface area contributed by atoms with Gasteiger partial charge in [-0.3, -0.25) is 9.09 Å². The van der Waals surface area contributed by atoms with Gasteiger partial charge >= 0.3 is 35.1 Å². The fraction of sp³-hybridized carbons (Fsp3) is 0.450. The van der Waals surface area contributed by atoms with Crippen LogP contribution in [0.3, 0.4) is 0 Å². The van der Waals surface area contributed by atoms with Crippen molar-refractivity contribution in [3.63, 3.8) is 0 Å². The van der Waals surface area contributed by atoms with E-state index < -0.39 is 60.2 Å². The molecule has 2 heterocycles. The van der Waals surface area contributed by atoms with Gasteiger partial charge in [0, 0.05) is 23.6 Å². The topological polar surface area (TPSA) is 256 Å². The van der Waals surface area contributed by atoms with Gasteiger partial charge in [-0.05, 0) is 24.6 Å². The Bertz CT molecular complexity index is 1470. The molecular weight excluding hydrogens is 663 g/mol. The van der Waals surface area contributed by atoms with Gasteiger partial charge in [0.25, 0.3) is 0 Å². The molecule has 0 radical (unpaired) electrons. The van der Waals surface area contributed by atoms with Crippen LogP contribution in [0.5, 0.6) is 0 Å². The highest BCUT2D eigenvalue weighted by atomic mass is 33.1. The molecule has 1 aromatic carbocycles. The Morgan fingerprint density at radius 3 is 2.50 bits per heavy atom. The molecule has 1 aromatic heterocycles. The average molecular weight is 692 g/mol. The number of hydrogen-bond acceptors (Lipinski definition) is 14. The monoisotopic (exact) mass is 691 g/mol. The Balaban J connectivity index is 1.82. The van der Waals surface area contributed by atoms with Crippen LogP contribution in [0.25, 0.3) is 0 Å². The van der Waals surface area contributed by atoms with Crippen LogP contribution in [0.1, 0.15) is 47.7 Å². The minimum absolute atomic E-state index is 0.0636. The highest BCUT2D eigenvalue weighted by Crippen LogP contribution is 2.66. The summed E-state index contributed by atoms with van der Waals surface area (Å²) in [4.78, 5) is 65.9. The normalized spacial score (nSPS) is 22.7. The number of esters is 1. The molecule has 1 aliphatic heterocycles. The molecule has 6 N–H and O–H groups in total. The van der Waals surface area contributed by atoms with Crippen LogP contribution in [-0.4, -0.2) is 59.7 Å². The van der Waals surface area contributed by atoms with E-state index in [-0.39, 0.29) is 23.1 Å². The number of carbonyl (C=O) groups is 1. The van der Waals surface area contributed by atoms with Crippen LogP contribution in [0.4, 0.5) is 5.82 Å². The Hall–Kier alpha value is -1.56. The van der Waals surface area contributed by atoms with E-state index in [1.165, 1.54) is 12.3 Å². The number of nitrogens with zero attached hydrogens (tertiary/aromatic N) is 2. The van der Waals surface area contributed by atoms with Crippen LogP contribution in [-0.2, 0) is 36.3 Å². The lowest BCUT2D eigenvalue weighted by Gasteiger charge is -2.22. The Morgan fingerprint density at radius 1 is 1.17 bits per heavy atom. The third-order valence-electron chi connectivity index (χ3n) is 5.37. The van der Waals surface area contributed by atoms with Gasteiger partial charge < -0.3 is 34.8 Å². The Labute approximate surface area is 246 Å². The van der Waals surface area contributed by atoms with Gasteiger partial charge in [-0.25, -0.2) is 23.3 Å². The lowest BCUT2D eigenvalue weighted by molar-refractivity contribution is -0.0511. The molecule has 1 fully saturated rings. The zero-order valence-corrected chi connectivity index (χ0v) is 26.2. The smallest absolute Gasteiger partial charge is 0.456 e. The third-order valence-corrected chi connectivity index (χ3v) is 12.1. The minimum atomic E-state index is -5.77. The number of phosphoric ester groups is 1. The number of rotatable bonds is 14. The maximum absolute atomic E-state index is 13.3. The van der Waals surface area contributed by atoms with Crippen molar-refractivity contribution in [1.82, 2.24) is 9.55 Å². The first-order valence-corrected chi connectivity index (χ1v) is 18.8. The minimum Gasteiger partial charge on any atom is -0.456 e. The molecule has 2 aromatic rings. The van der Waals surface area contributed by atoms with Crippen LogP contribution in [0, 0.1) is 0 Å². The van der Waals surface area contributed by atoms with Crippen molar-refractivity contribution in [2.45, 2.75) is 44.0 Å². The second-order valence-corrected chi connectivity index (χ2v) is 15.9. The highest BCUT2D eigenvalue weighted by Gasteiger charge is 2.44. The van der Waals surface area contributed by atoms with Crippen LogP contribution < -0.4 is 11.4 Å². The Morgan fingerprint density at radius 2 is 1.86 bits per heavy atom. The predicted octanol–water partition coefficient (Wildman–Crippen LogP) is 3.14. The summed E-state index contributed by atoms with van der Waals surface area (Å²) in [5.41, 5.74) is 5.66. The van der Waals surface area contributed by atoms with E-state index in [2.05, 4.69) is 13.6 Å². The lowest BCUT2D eigenvalue weighted by atomic mass is 10.0. The van der Waals surface area contributed by atoms with Crippen LogP contribution in [0.2, 0.25) is 0 Å². The number of phosphoric acid groups is 3. The summed E-state index contributed by atoms with van der Waals surface area (Å²) >= 11 is 0. The lowest BCUT2D eigenvalue weighted by Crippen LogP contribution is -2.31. The van der Waals surface area contributed by atoms with Crippen molar-refractivity contribution in [1.29, 1.82) is 0 Å². The standard InChI is InChI=1S/C20H28N3O14P3S2/c1-3-41-42-12(2)13-6-4-5-7-14(13)19(24)35-15-10-18(23-9-8-17(21)22-20(23)25)34-16(15)11-33-39(29,30)37-40(31,32)36-38(26,27)28/h4-9,12,15-16,18H,3,10-11H2,1-2H3,(H,29,30)(H,31,32)(H2,21,22,25)(H2,26,27,28)/t12?,15-,16-,18-/m1/s1. The first-order valence-electron chi connectivity index (χ1n) is 11.9. The number of anilines is 1. The predicted molar refractivity (Wildman–Crippen MR) is 151 cm³/mol. The van der Waals surface area contributed by atoms with Crippen molar-refractivity contribution < 1.29 is 60.7 Å². The molecule has 3 rings (SSSR count). The van der Waals surface area contributed by atoms with E-state index in [4.69, 9.17) is 29.5 Å². The molecule has 42 heavy (non-hydrogen) atoms. The first kappa shape index (κ1) is 34.9. The number of nitrogens with two attached hydrogens (primary N) is 1. The first-order chi connectivity index (χ1) is 19.5. The number of hydrogen-bond donors (Lipinski definition) is 5. The van der Waals surface area contributed by atoms with Crippen molar-refractivity contribution in [2.75, 3.05) is 18.1 Å². The van der Waals surface area contributed by atoms with Gasteiger partial charge in [-0.1, -0.05) is 46.7 Å². The summed E-state index contributed by atoms with van der Waals surface area (Å²) in [5.74, 6) is 0.0187. The van der Waals surface area contributed by atoms with Gasteiger partial charge in [0.05, 0.1) is 12.2 Å². The highest BCUT2D eigenvalue weighted by molar-refractivity contribution is 8.76. The SMILES string of the molecule is CCSSC(C)c1ccccc1C(=O)O[C@@H]1C[C@H](n2ccc(N)nc2=O)O[C@@H]1COP(=O)(O)OP(=O)(O)OP(=O)(O)O. The largest absolute Gasteiger partial charge is 0.490 e. The van der Waals surface area contributed by atoms with E-state index in [0.717, 1.165) is 10.3 Å². The summed E-state index contributed by atoms with van der Waals surface area (Å²) in [6.07, 6.45) is -2.52. The van der Waals surface area contributed by atoms with Crippen molar-refractivity contribution >= 4 is 56.8 Å². The average Bonchev–Trinajstić information content (AvgIpc) is 3.26. The van der Waals surface area contributed by atoms with Crippen molar-refractivity contribution in [3.05, 3.63) is 58.1 Å². The zero-order chi connectivity index (χ0) is 31.3. The van der Waals surface area contributed by atoms with E-state index in [1.807, 2.05) is 13.8 Å². The van der Waals surface area contributed by atoms with E-state index in [0.29, 0.717) is 5.56 Å². The van der Waals surface area contributed by atoms with Crippen molar-refractivity contribution in [3.8, 4) is 0 Å². The second kappa shape index (κ2) is 14.5. The van der Waals surface area contributed by atoms with Crippen LogP contribution in [0.15, 0.2) is 41.3 Å². The molecule has 6 atom stereocenters. The molecule has 234 valence electrons. The summed E-state index contributed by atoms with van der Waals surface area (Å²) in [6.45, 7) is 3.00. The van der Waals surface area contributed by atoms with Gasteiger partial charge in [0.15, 0.2) is 0 Å². The molecule has 0 spiro atoms. The van der Waals surface area contributed by atoms with Gasteiger partial charge in [0.2, 0.25) is 0 Å². The maximum Gasteiger partial charge on any atom is 0.490 e. The fourth-order valence-electron chi connectivity index (χ4n) is 3.72.